The highest BCUT2D eigenvalue weighted by molar-refractivity contribution is 7.60. The van der Waals surface area contributed by atoms with Gasteiger partial charge >= 0.3 is 0 Å². The lowest BCUT2D eigenvalue weighted by atomic mass is 10.1. The number of benzene rings is 1. The molecule has 0 bridgehead atoms. The highest BCUT2D eigenvalue weighted by Gasteiger charge is 2.52. The molecule has 1 aromatic carbocycles. The lowest BCUT2D eigenvalue weighted by Gasteiger charge is -2.37. The third-order valence-electron chi connectivity index (χ3n) is 4.66. The Labute approximate surface area is 147 Å². The zero-order valence-corrected chi connectivity index (χ0v) is 17.5. The minimum atomic E-state index is -2.68. The summed E-state index contributed by atoms with van der Waals surface area (Å²) in [5.74, 6) is 0. The zero-order chi connectivity index (χ0) is 18.5. The van der Waals surface area contributed by atoms with Gasteiger partial charge in [-0.2, -0.15) is 4.34 Å². The first kappa shape index (κ1) is 19.0. The smallest absolute Gasteiger partial charge is 0.261 e. The van der Waals surface area contributed by atoms with Gasteiger partial charge in [-0.05, 0) is 73.4 Å². The van der Waals surface area contributed by atoms with E-state index in [2.05, 4.69) is 79.0 Å². The topological polar surface area (TPSA) is 25.9 Å². The Bertz CT molecular complexity index is 763. The maximum atomic E-state index is 14.1. The second-order valence-electron chi connectivity index (χ2n) is 8.87. The van der Waals surface area contributed by atoms with Gasteiger partial charge in [-0.1, -0.05) is 17.7 Å². The highest BCUT2D eigenvalue weighted by Crippen LogP contribution is 2.62. The van der Waals surface area contributed by atoms with Crippen molar-refractivity contribution in [2.45, 2.75) is 72.6 Å². The van der Waals surface area contributed by atoms with Crippen LogP contribution in [0.3, 0.4) is 0 Å². The van der Waals surface area contributed by atoms with E-state index in [1.165, 1.54) is 22.4 Å². The molecule has 4 heteroatoms. The first-order valence-corrected chi connectivity index (χ1v) is 10.2. The number of imidazole rings is 1. The molecule has 0 fully saturated rings. The number of aryl methyl sites for hydroxylation is 3. The van der Waals surface area contributed by atoms with Crippen molar-refractivity contribution in [1.29, 1.82) is 0 Å². The lowest BCUT2D eigenvalue weighted by molar-refractivity contribution is -0.523. The molecule has 0 saturated carbocycles. The lowest BCUT2D eigenvalue weighted by Crippen LogP contribution is -2.46. The molecule has 0 aliphatic heterocycles. The van der Waals surface area contributed by atoms with E-state index in [1.54, 1.807) is 0 Å². The predicted molar refractivity (Wildman–Crippen MR) is 103 cm³/mol. The maximum absolute atomic E-state index is 14.1. The van der Waals surface area contributed by atoms with Crippen LogP contribution in [0, 0.1) is 20.8 Å². The summed E-state index contributed by atoms with van der Waals surface area (Å²) in [6, 6.07) is 4.39. The number of hydrogen-bond acceptors (Lipinski definition) is 1. The molecule has 0 spiro atoms. The van der Waals surface area contributed by atoms with E-state index in [-0.39, 0.29) is 10.3 Å². The molecule has 0 aliphatic carbocycles. The van der Waals surface area contributed by atoms with Crippen molar-refractivity contribution in [2.75, 3.05) is 0 Å². The normalized spacial score (nSPS) is 13.4. The third-order valence-corrected chi connectivity index (χ3v) is 9.18. The second-order valence-corrected chi connectivity index (χ2v) is 13.2. The molecule has 24 heavy (non-hydrogen) atoms. The van der Waals surface area contributed by atoms with Crippen LogP contribution in [-0.4, -0.2) is 14.9 Å². The van der Waals surface area contributed by atoms with Crippen molar-refractivity contribution < 1.29 is 8.90 Å². The van der Waals surface area contributed by atoms with E-state index >= 15 is 0 Å². The molecule has 0 amide bonds. The van der Waals surface area contributed by atoms with Crippen molar-refractivity contribution in [2.24, 2.45) is 0 Å². The molecule has 0 unspecified atom stereocenters. The van der Waals surface area contributed by atoms with E-state index in [9.17, 15) is 4.57 Å². The van der Waals surface area contributed by atoms with Crippen molar-refractivity contribution in [3.8, 4) is 5.69 Å². The summed E-state index contributed by atoms with van der Waals surface area (Å²) in [4.78, 5) is 0. The van der Waals surface area contributed by atoms with Crippen LogP contribution in [0.2, 0.25) is 0 Å². The van der Waals surface area contributed by atoms with Gasteiger partial charge in [0.05, 0.1) is 10.3 Å². The monoisotopic (exact) mass is 347 g/mol. The van der Waals surface area contributed by atoms with Gasteiger partial charge in [0.1, 0.15) is 18.1 Å². The molecule has 1 heterocycles. The van der Waals surface area contributed by atoms with E-state index in [0.717, 1.165) is 0 Å². The molecule has 0 radical (unpaired) electrons. The fourth-order valence-electron chi connectivity index (χ4n) is 3.92. The Morgan fingerprint density at radius 2 is 1.38 bits per heavy atom. The van der Waals surface area contributed by atoms with Crippen molar-refractivity contribution in [1.82, 2.24) is 4.57 Å². The fraction of sp³-hybridized carbons (Fsp3) is 0.550. The molecule has 0 atom stereocenters. The molecule has 0 aliphatic rings. The average Bonchev–Trinajstić information content (AvgIpc) is 2.83. The summed E-state index contributed by atoms with van der Waals surface area (Å²) in [7, 11) is -2.68. The molecule has 0 N–H and O–H groups in total. The Balaban J connectivity index is 2.65. The number of aromatic nitrogens is 2. The average molecular weight is 347 g/mol. The first-order valence-electron chi connectivity index (χ1n) is 8.57. The summed E-state index contributed by atoms with van der Waals surface area (Å²) in [5.41, 5.74) is 4.91. The molecule has 2 rings (SSSR count). The zero-order valence-electron chi connectivity index (χ0n) is 16.6. The van der Waals surface area contributed by atoms with Gasteiger partial charge in [0.2, 0.25) is 0 Å². The predicted octanol–water partition coefficient (Wildman–Crippen LogP) is 5.41. The van der Waals surface area contributed by atoms with Gasteiger partial charge in [0, 0.05) is 0 Å². The van der Waals surface area contributed by atoms with Crippen LogP contribution in [0.5, 0.6) is 0 Å². The molecular weight excluding hydrogens is 315 g/mol. The van der Waals surface area contributed by atoms with Crippen LogP contribution in [0.4, 0.5) is 0 Å². The number of hydrogen-bond donors (Lipinski definition) is 0. The van der Waals surface area contributed by atoms with Gasteiger partial charge in [-0.25, -0.2) is 4.57 Å². The van der Waals surface area contributed by atoms with Crippen LogP contribution >= 0.6 is 7.29 Å². The second kappa shape index (κ2) is 5.88. The minimum absolute atomic E-state index is 0.306. The molecule has 132 valence electrons. The summed E-state index contributed by atoms with van der Waals surface area (Å²) >= 11 is 0. The van der Waals surface area contributed by atoms with Crippen molar-refractivity contribution in [3.63, 3.8) is 0 Å². The van der Waals surface area contributed by atoms with Gasteiger partial charge < -0.3 is 0 Å². The molecule has 1 aromatic heterocycles. The Hall–Kier alpha value is -1.34. The fourth-order valence-corrected chi connectivity index (χ4v) is 7.82. The van der Waals surface area contributed by atoms with Crippen molar-refractivity contribution >= 4 is 7.29 Å². The Morgan fingerprint density at radius 3 is 1.79 bits per heavy atom. The summed E-state index contributed by atoms with van der Waals surface area (Å²) in [6.07, 6.45) is 5.99. The molecule has 3 nitrogen and oxygen atoms in total. The van der Waals surface area contributed by atoms with Crippen LogP contribution < -0.4 is 4.34 Å². The SMILES string of the molecule is Cc1cc(C)c(-n2cc[n+](P(=O)(C(C)(C)C)C(C)(C)C)c2)c(C)c1. The van der Waals surface area contributed by atoms with Crippen LogP contribution in [-0.2, 0) is 4.57 Å². The van der Waals surface area contributed by atoms with Crippen molar-refractivity contribution in [3.05, 3.63) is 47.5 Å². The van der Waals surface area contributed by atoms with Gasteiger partial charge in [-0.15, -0.1) is 0 Å². The quantitative estimate of drug-likeness (QED) is 0.667. The third kappa shape index (κ3) is 2.99. The van der Waals surface area contributed by atoms with E-state index in [1.807, 2.05) is 23.1 Å². The Morgan fingerprint density at radius 1 is 0.917 bits per heavy atom. The van der Waals surface area contributed by atoms with Crippen LogP contribution in [0.1, 0.15) is 58.2 Å². The molecular formula is C20H32N2OP+. The van der Waals surface area contributed by atoms with Crippen LogP contribution in [0.15, 0.2) is 30.9 Å². The molecule has 2 aromatic rings. The summed E-state index contributed by atoms with van der Waals surface area (Å²) < 4.78 is 18.1. The largest absolute Gasteiger partial charge is 0.273 e. The highest BCUT2D eigenvalue weighted by atomic mass is 31.2. The Kier molecular flexibility index (Phi) is 4.65. The van der Waals surface area contributed by atoms with Gasteiger partial charge in [-0.3, -0.25) is 4.57 Å². The molecule has 0 saturated heterocycles. The van der Waals surface area contributed by atoms with E-state index < -0.39 is 7.29 Å². The van der Waals surface area contributed by atoms with Gasteiger partial charge in [0.25, 0.3) is 13.6 Å². The standard InChI is InChI=1S/C20H32N2OP/c1-15-12-16(2)18(17(3)13-15)21-10-11-22(14-21)24(23,19(4,5)6)20(7,8)9/h10-14H,1-9H3/q+1. The summed E-state index contributed by atoms with van der Waals surface area (Å²) in [6.45, 7) is 18.8. The minimum Gasteiger partial charge on any atom is -0.273 e. The maximum Gasteiger partial charge on any atom is 0.261 e. The van der Waals surface area contributed by atoms with E-state index in [4.69, 9.17) is 0 Å². The van der Waals surface area contributed by atoms with E-state index in [0.29, 0.717) is 0 Å². The van der Waals surface area contributed by atoms with Gasteiger partial charge in [0.15, 0.2) is 0 Å². The summed E-state index contributed by atoms with van der Waals surface area (Å²) in [5, 5.41) is -0.612. The van der Waals surface area contributed by atoms with Crippen LogP contribution in [0.25, 0.3) is 5.69 Å². The first-order chi connectivity index (χ1) is 10.8. The number of rotatable bonds is 2. The number of nitrogens with zero attached hydrogens (tertiary/aromatic N) is 2.